The van der Waals surface area contributed by atoms with E-state index in [1.165, 1.54) is 6.07 Å². The van der Waals surface area contributed by atoms with Gasteiger partial charge in [-0.1, -0.05) is 6.07 Å². The standard InChI is InChI=1S/C21H22F2O/c1-12-9-17-14(10-18(12)22)6-4-8-16(17)20-15-7-3-2-5-13(15)11-19(23)21(20)24/h9-11,16,24H,2-8H2,1H3/t16-/m1/s1. The van der Waals surface area contributed by atoms with Gasteiger partial charge in [-0.2, -0.15) is 0 Å². The molecule has 0 aliphatic heterocycles. The highest BCUT2D eigenvalue weighted by Crippen LogP contribution is 2.45. The molecular weight excluding hydrogens is 306 g/mol. The van der Waals surface area contributed by atoms with Crippen LogP contribution in [0.5, 0.6) is 5.75 Å². The van der Waals surface area contributed by atoms with E-state index in [1.54, 1.807) is 13.0 Å². The lowest BCUT2D eigenvalue weighted by Gasteiger charge is -2.31. The monoisotopic (exact) mass is 328 g/mol. The molecule has 2 aliphatic rings. The van der Waals surface area contributed by atoms with Crippen LogP contribution in [-0.2, 0) is 19.3 Å². The highest BCUT2D eigenvalue weighted by atomic mass is 19.1. The first-order valence-corrected chi connectivity index (χ1v) is 8.88. The summed E-state index contributed by atoms with van der Waals surface area (Å²) in [6.07, 6.45) is 6.58. The molecule has 0 saturated carbocycles. The van der Waals surface area contributed by atoms with Gasteiger partial charge in [-0.25, -0.2) is 8.78 Å². The molecule has 126 valence electrons. The van der Waals surface area contributed by atoms with Gasteiger partial charge < -0.3 is 5.11 Å². The summed E-state index contributed by atoms with van der Waals surface area (Å²) in [5.41, 5.74) is 5.61. The van der Waals surface area contributed by atoms with Gasteiger partial charge in [0.2, 0.25) is 0 Å². The average molecular weight is 328 g/mol. The minimum Gasteiger partial charge on any atom is -0.505 e. The van der Waals surface area contributed by atoms with Crippen molar-refractivity contribution in [3.8, 4) is 5.75 Å². The summed E-state index contributed by atoms with van der Waals surface area (Å²) in [5.74, 6) is -0.928. The maximum absolute atomic E-state index is 14.3. The third kappa shape index (κ3) is 2.42. The molecule has 0 spiro atoms. The highest BCUT2D eigenvalue weighted by Gasteiger charge is 2.30. The largest absolute Gasteiger partial charge is 0.505 e. The molecular formula is C21H22F2O. The zero-order valence-electron chi connectivity index (χ0n) is 14.0. The second kappa shape index (κ2) is 5.87. The molecule has 4 rings (SSSR count). The summed E-state index contributed by atoms with van der Waals surface area (Å²) >= 11 is 0. The van der Waals surface area contributed by atoms with Crippen molar-refractivity contribution < 1.29 is 13.9 Å². The SMILES string of the molecule is Cc1cc2c(cc1F)CCC[C@H]2c1c(O)c(F)cc2c1CCCC2. The van der Waals surface area contributed by atoms with Crippen molar-refractivity contribution >= 4 is 0 Å². The van der Waals surface area contributed by atoms with Crippen LogP contribution < -0.4 is 0 Å². The van der Waals surface area contributed by atoms with Crippen LogP contribution in [0.15, 0.2) is 18.2 Å². The van der Waals surface area contributed by atoms with Gasteiger partial charge in [-0.15, -0.1) is 0 Å². The Labute approximate surface area is 141 Å². The molecule has 0 bridgehead atoms. The van der Waals surface area contributed by atoms with E-state index in [4.69, 9.17) is 0 Å². The molecule has 2 aliphatic carbocycles. The Morgan fingerprint density at radius 1 is 0.917 bits per heavy atom. The Morgan fingerprint density at radius 3 is 2.46 bits per heavy atom. The van der Waals surface area contributed by atoms with Gasteiger partial charge in [0, 0.05) is 11.5 Å². The molecule has 1 nitrogen and oxygen atoms in total. The molecule has 1 atom stereocenters. The van der Waals surface area contributed by atoms with Gasteiger partial charge in [0.25, 0.3) is 0 Å². The van der Waals surface area contributed by atoms with E-state index in [9.17, 15) is 13.9 Å². The number of phenolic OH excluding ortho intramolecular Hbond substituents is 1. The van der Waals surface area contributed by atoms with Crippen LogP contribution in [0.3, 0.4) is 0 Å². The molecule has 2 aromatic carbocycles. The van der Waals surface area contributed by atoms with E-state index in [0.717, 1.165) is 72.8 Å². The van der Waals surface area contributed by atoms with Crippen LogP contribution in [0, 0.1) is 18.6 Å². The lowest BCUT2D eigenvalue weighted by Crippen LogP contribution is -2.17. The Balaban J connectivity index is 1.92. The summed E-state index contributed by atoms with van der Waals surface area (Å²) in [6, 6.07) is 5.03. The van der Waals surface area contributed by atoms with E-state index < -0.39 is 5.82 Å². The van der Waals surface area contributed by atoms with Crippen molar-refractivity contribution in [3.63, 3.8) is 0 Å². The van der Waals surface area contributed by atoms with Gasteiger partial charge in [0.1, 0.15) is 5.82 Å². The quantitative estimate of drug-likeness (QED) is 0.750. The van der Waals surface area contributed by atoms with Crippen LogP contribution in [0.1, 0.15) is 65.0 Å². The van der Waals surface area contributed by atoms with Gasteiger partial charge in [-0.3, -0.25) is 0 Å². The summed E-state index contributed by atoms with van der Waals surface area (Å²) in [6.45, 7) is 1.77. The summed E-state index contributed by atoms with van der Waals surface area (Å²) < 4.78 is 28.3. The van der Waals surface area contributed by atoms with Crippen LogP contribution >= 0.6 is 0 Å². The number of phenols is 1. The number of rotatable bonds is 1. The molecule has 0 unspecified atom stereocenters. The Kier molecular flexibility index (Phi) is 3.82. The van der Waals surface area contributed by atoms with E-state index >= 15 is 0 Å². The fourth-order valence-electron chi connectivity index (χ4n) is 4.50. The molecule has 0 aromatic heterocycles. The van der Waals surface area contributed by atoms with Gasteiger partial charge in [0.15, 0.2) is 11.6 Å². The van der Waals surface area contributed by atoms with Gasteiger partial charge in [0.05, 0.1) is 0 Å². The van der Waals surface area contributed by atoms with Crippen LogP contribution in [0.2, 0.25) is 0 Å². The Morgan fingerprint density at radius 2 is 1.62 bits per heavy atom. The highest BCUT2D eigenvalue weighted by molar-refractivity contribution is 5.54. The maximum Gasteiger partial charge on any atom is 0.165 e. The van der Waals surface area contributed by atoms with Crippen LogP contribution in [0.25, 0.3) is 0 Å². The second-order valence-corrected chi connectivity index (χ2v) is 7.21. The molecule has 1 N–H and O–H groups in total. The first-order chi connectivity index (χ1) is 11.6. The number of aromatic hydroxyl groups is 1. The van der Waals surface area contributed by atoms with Crippen LogP contribution in [0.4, 0.5) is 8.78 Å². The Bertz CT molecular complexity index is 810. The fourth-order valence-corrected chi connectivity index (χ4v) is 4.50. The molecule has 0 radical (unpaired) electrons. The van der Waals surface area contributed by atoms with Crippen molar-refractivity contribution in [1.82, 2.24) is 0 Å². The van der Waals surface area contributed by atoms with E-state index in [1.807, 2.05) is 6.07 Å². The number of halogens is 2. The lowest BCUT2D eigenvalue weighted by atomic mass is 9.74. The number of fused-ring (bicyclic) bond motifs is 2. The van der Waals surface area contributed by atoms with Crippen molar-refractivity contribution in [3.05, 3.63) is 63.2 Å². The lowest BCUT2D eigenvalue weighted by molar-refractivity contribution is 0.415. The minimum absolute atomic E-state index is 0.0319. The number of benzene rings is 2. The predicted octanol–water partition coefficient (Wildman–Crippen LogP) is 5.33. The first-order valence-electron chi connectivity index (χ1n) is 8.88. The van der Waals surface area contributed by atoms with E-state index in [2.05, 4.69) is 0 Å². The zero-order chi connectivity index (χ0) is 16.8. The smallest absolute Gasteiger partial charge is 0.165 e. The third-order valence-electron chi connectivity index (χ3n) is 5.70. The third-order valence-corrected chi connectivity index (χ3v) is 5.70. The molecule has 24 heavy (non-hydrogen) atoms. The maximum atomic E-state index is 14.3. The summed E-state index contributed by atoms with van der Waals surface area (Å²) in [5, 5.41) is 10.5. The van der Waals surface area contributed by atoms with Gasteiger partial charge in [-0.05, 0) is 91.8 Å². The number of hydrogen-bond acceptors (Lipinski definition) is 1. The van der Waals surface area contributed by atoms with Crippen molar-refractivity contribution in [2.45, 2.75) is 57.8 Å². The van der Waals surface area contributed by atoms with E-state index in [0.29, 0.717) is 5.56 Å². The Hall–Kier alpha value is -1.90. The molecule has 3 heteroatoms. The van der Waals surface area contributed by atoms with Crippen molar-refractivity contribution in [2.75, 3.05) is 0 Å². The zero-order valence-corrected chi connectivity index (χ0v) is 14.0. The summed E-state index contributed by atoms with van der Waals surface area (Å²) in [7, 11) is 0. The average Bonchev–Trinajstić information content (AvgIpc) is 2.57. The number of aryl methyl sites for hydroxylation is 3. The fraction of sp³-hybridized carbons (Fsp3) is 0.429. The van der Waals surface area contributed by atoms with Crippen molar-refractivity contribution in [1.29, 1.82) is 0 Å². The normalized spacial score (nSPS) is 19.7. The second-order valence-electron chi connectivity index (χ2n) is 7.21. The number of hydrogen-bond donors (Lipinski definition) is 1. The molecule has 0 heterocycles. The topological polar surface area (TPSA) is 20.2 Å². The van der Waals surface area contributed by atoms with Crippen LogP contribution in [-0.4, -0.2) is 5.11 Å². The van der Waals surface area contributed by atoms with E-state index in [-0.39, 0.29) is 17.5 Å². The van der Waals surface area contributed by atoms with Gasteiger partial charge >= 0.3 is 0 Å². The molecule has 0 saturated heterocycles. The molecule has 0 amide bonds. The summed E-state index contributed by atoms with van der Waals surface area (Å²) in [4.78, 5) is 0. The molecule has 2 aromatic rings. The first kappa shape index (κ1) is 15.6. The molecule has 0 fully saturated rings. The predicted molar refractivity (Wildman–Crippen MR) is 90.6 cm³/mol. The minimum atomic E-state index is -0.517. The van der Waals surface area contributed by atoms with Crippen molar-refractivity contribution in [2.24, 2.45) is 0 Å².